The van der Waals surface area contributed by atoms with Gasteiger partial charge in [0.25, 0.3) is 0 Å². The lowest BCUT2D eigenvalue weighted by atomic mass is 10.1. The first kappa shape index (κ1) is 18.2. The zero-order valence-electron chi connectivity index (χ0n) is 13.9. The van der Waals surface area contributed by atoms with Gasteiger partial charge in [0.05, 0.1) is 19.2 Å². The van der Waals surface area contributed by atoms with Crippen LogP contribution < -0.4 is 24.7 Å². The van der Waals surface area contributed by atoms with Crippen LogP contribution in [0, 0.1) is 0 Å². The minimum Gasteiger partial charge on any atom is -0.497 e. The van der Waals surface area contributed by atoms with E-state index in [9.17, 15) is 0 Å². The third-order valence-electron chi connectivity index (χ3n) is 3.38. The smallest absolute Gasteiger partial charge is 0.179 e. The summed E-state index contributed by atoms with van der Waals surface area (Å²) in [6, 6.07) is 11.1. The molecule has 2 rings (SSSR count). The van der Waals surface area contributed by atoms with Crippen molar-refractivity contribution in [3.8, 4) is 23.0 Å². The third-order valence-corrected chi connectivity index (χ3v) is 3.66. The fourth-order valence-corrected chi connectivity index (χ4v) is 2.49. The molecule has 2 N–H and O–H groups in total. The summed E-state index contributed by atoms with van der Waals surface area (Å²) in [7, 11) is 3.21. The highest BCUT2D eigenvalue weighted by Crippen LogP contribution is 2.36. The lowest BCUT2D eigenvalue weighted by Gasteiger charge is -2.14. The van der Waals surface area contributed by atoms with Gasteiger partial charge in [0.1, 0.15) is 24.7 Å². The Balaban J connectivity index is 1.91. The van der Waals surface area contributed by atoms with Crippen LogP contribution in [-0.4, -0.2) is 34.0 Å². The van der Waals surface area contributed by atoms with Crippen molar-refractivity contribution in [2.24, 2.45) is 5.73 Å². The molecule has 5 nitrogen and oxygen atoms in total. The average Bonchev–Trinajstić information content (AvgIpc) is 2.60. The van der Waals surface area contributed by atoms with Gasteiger partial charge in [-0.1, -0.05) is 11.6 Å². The van der Waals surface area contributed by atoms with Crippen molar-refractivity contribution < 1.29 is 18.9 Å². The Hall–Kier alpha value is -2.11. The second-order valence-electron chi connectivity index (χ2n) is 5.02. The van der Waals surface area contributed by atoms with E-state index >= 15 is 0 Å². The molecule has 0 spiro atoms. The summed E-state index contributed by atoms with van der Waals surface area (Å²) in [5.41, 5.74) is 6.59. The van der Waals surface area contributed by atoms with Gasteiger partial charge < -0.3 is 24.7 Å². The molecule has 0 saturated heterocycles. The Morgan fingerprint density at radius 3 is 2.21 bits per heavy atom. The average molecular weight is 352 g/mol. The molecule has 0 heterocycles. The van der Waals surface area contributed by atoms with Crippen molar-refractivity contribution >= 4 is 11.6 Å². The van der Waals surface area contributed by atoms with E-state index in [1.54, 1.807) is 14.2 Å². The van der Waals surface area contributed by atoms with E-state index in [2.05, 4.69) is 0 Å². The number of hydrogen-bond donors (Lipinski definition) is 1. The molecule has 6 heteroatoms. The summed E-state index contributed by atoms with van der Waals surface area (Å²) in [5, 5.41) is 0.502. The van der Waals surface area contributed by atoms with Crippen molar-refractivity contribution in [2.45, 2.75) is 6.42 Å². The molecule has 24 heavy (non-hydrogen) atoms. The first-order chi connectivity index (χ1) is 11.7. The van der Waals surface area contributed by atoms with E-state index in [0.29, 0.717) is 36.3 Å². The summed E-state index contributed by atoms with van der Waals surface area (Å²) in [4.78, 5) is 0. The van der Waals surface area contributed by atoms with Crippen molar-refractivity contribution in [3.05, 3.63) is 47.0 Å². The van der Waals surface area contributed by atoms with Crippen LogP contribution in [0.4, 0.5) is 0 Å². The Bertz CT molecular complexity index is 646. The first-order valence-electron chi connectivity index (χ1n) is 7.64. The summed E-state index contributed by atoms with van der Waals surface area (Å²) in [5.74, 6) is 2.64. The molecule has 0 saturated carbocycles. The molecule has 0 fully saturated rings. The molecule has 0 aromatic heterocycles. The van der Waals surface area contributed by atoms with Gasteiger partial charge in [0.2, 0.25) is 0 Å². The normalized spacial score (nSPS) is 10.3. The van der Waals surface area contributed by atoms with Gasteiger partial charge in [-0.2, -0.15) is 0 Å². The number of halogens is 1. The lowest BCUT2D eigenvalue weighted by Crippen LogP contribution is -2.10. The van der Waals surface area contributed by atoms with E-state index in [4.69, 9.17) is 36.3 Å². The largest absolute Gasteiger partial charge is 0.497 e. The third kappa shape index (κ3) is 4.94. The molecule has 0 radical (unpaired) electrons. The SMILES string of the molecule is COc1ccc(OCCOc2c(Cl)cc(CCN)cc2OC)cc1. The number of methoxy groups -OCH3 is 2. The fourth-order valence-electron chi connectivity index (χ4n) is 2.20. The number of rotatable bonds is 9. The lowest BCUT2D eigenvalue weighted by molar-refractivity contribution is 0.211. The Kier molecular flexibility index (Phi) is 7.03. The molecule has 0 aliphatic rings. The quantitative estimate of drug-likeness (QED) is 0.702. The Morgan fingerprint density at radius 2 is 1.58 bits per heavy atom. The second-order valence-corrected chi connectivity index (χ2v) is 5.43. The molecule has 0 unspecified atom stereocenters. The van der Waals surface area contributed by atoms with Crippen LogP contribution in [0.2, 0.25) is 5.02 Å². The van der Waals surface area contributed by atoms with E-state index in [0.717, 1.165) is 23.5 Å². The molecule has 2 aromatic carbocycles. The van der Waals surface area contributed by atoms with Crippen molar-refractivity contribution in [3.63, 3.8) is 0 Å². The summed E-state index contributed by atoms with van der Waals surface area (Å²) in [6.07, 6.45) is 0.733. The van der Waals surface area contributed by atoms with E-state index in [-0.39, 0.29) is 0 Å². The van der Waals surface area contributed by atoms with Gasteiger partial charge in [-0.3, -0.25) is 0 Å². The molecule has 0 aliphatic carbocycles. The van der Waals surface area contributed by atoms with Crippen molar-refractivity contribution in [1.82, 2.24) is 0 Å². The summed E-state index contributed by atoms with van der Waals surface area (Å²) < 4.78 is 21.8. The Morgan fingerprint density at radius 1 is 0.917 bits per heavy atom. The van der Waals surface area contributed by atoms with E-state index in [1.165, 1.54) is 0 Å². The number of nitrogens with two attached hydrogens (primary N) is 1. The van der Waals surface area contributed by atoms with Crippen molar-refractivity contribution in [1.29, 1.82) is 0 Å². The zero-order chi connectivity index (χ0) is 17.4. The molecule has 130 valence electrons. The van der Waals surface area contributed by atoms with Gasteiger partial charge in [-0.25, -0.2) is 0 Å². The minimum atomic E-state index is 0.346. The van der Waals surface area contributed by atoms with Crippen LogP contribution >= 0.6 is 11.6 Å². The highest BCUT2D eigenvalue weighted by atomic mass is 35.5. The Labute approximate surface area is 147 Å². The van der Waals surface area contributed by atoms with Crippen LogP contribution in [-0.2, 0) is 6.42 Å². The minimum absolute atomic E-state index is 0.346. The maximum atomic E-state index is 6.28. The van der Waals surface area contributed by atoms with Gasteiger partial charge in [0, 0.05) is 0 Å². The monoisotopic (exact) mass is 351 g/mol. The van der Waals surface area contributed by atoms with Gasteiger partial charge in [-0.15, -0.1) is 0 Å². The van der Waals surface area contributed by atoms with Crippen LogP contribution in [0.25, 0.3) is 0 Å². The standard InChI is InChI=1S/C18H22ClNO4/c1-21-14-3-5-15(6-4-14)23-9-10-24-18-16(19)11-13(7-8-20)12-17(18)22-2/h3-6,11-12H,7-10,20H2,1-2H3. The van der Waals surface area contributed by atoms with Gasteiger partial charge in [-0.05, 0) is 54.9 Å². The zero-order valence-corrected chi connectivity index (χ0v) is 14.6. The molecule has 0 bridgehead atoms. The predicted octanol–water partition coefficient (Wildman–Crippen LogP) is 3.32. The fraction of sp³-hybridized carbons (Fsp3) is 0.333. The van der Waals surface area contributed by atoms with Gasteiger partial charge in [0.15, 0.2) is 11.5 Å². The van der Waals surface area contributed by atoms with Crippen LogP contribution in [0.3, 0.4) is 0 Å². The summed E-state index contributed by atoms with van der Waals surface area (Å²) in [6.45, 7) is 1.28. The number of benzene rings is 2. The summed E-state index contributed by atoms with van der Waals surface area (Å²) >= 11 is 6.28. The maximum Gasteiger partial charge on any atom is 0.179 e. The topological polar surface area (TPSA) is 62.9 Å². The molecule has 0 amide bonds. The van der Waals surface area contributed by atoms with E-state index < -0.39 is 0 Å². The van der Waals surface area contributed by atoms with Crippen LogP contribution in [0.15, 0.2) is 36.4 Å². The number of hydrogen-bond acceptors (Lipinski definition) is 5. The highest BCUT2D eigenvalue weighted by molar-refractivity contribution is 6.32. The molecule has 0 aliphatic heterocycles. The molecular weight excluding hydrogens is 330 g/mol. The maximum absolute atomic E-state index is 6.28. The molecule has 2 aromatic rings. The first-order valence-corrected chi connectivity index (χ1v) is 8.02. The van der Waals surface area contributed by atoms with E-state index in [1.807, 2.05) is 36.4 Å². The molecular formula is C18H22ClNO4. The van der Waals surface area contributed by atoms with Crippen molar-refractivity contribution in [2.75, 3.05) is 34.0 Å². The molecule has 0 atom stereocenters. The second kappa shape index (κ2) is 9.25. The predicted molar refractivity (Wildman–Crippen MR) is 94.7 cm³/mol. The number of ether oxygens (including phenoxy) is 4. The van der Waals surface area contributed by atoms with Crippen LogP contribution in [0.5, 0.6) is 23.0 Å². The van der Waals surface area contributed by atoms with Crippen LogP contribution in [0.1, 0.15) is 5.56 Å². The highest BCUT2D eigenvalue weighted by Gasteiger charge is 2.12. The van der Waals surface area contributed by atoms with Gasteiger partial charge >= 0.3 is 0 Å².